The molecule has 0 radical (unpaired) electrons. The number of carbonyl (C=O) groups is 1. The van der Waals surface area contributed by atoms with Gasteiger partial charge in [-0.15, -0.1) is 0 Å². The summed E-state index contributed by atoms with van der Waals surface area (Å²) in [5, 5.41) is 25.9. The van der Waals surface area contributed by atoms with E-state index in [0.29, 0.717) is 38.4 Å². The molecule has 0 fully saturated rings. The molecule has 10 nitrogen and oxygen atoms in total. The standard InChI is InChI=1S/C24H29IN4O6/c1-2-34-24-19(4-3-13-30)20(16-5-7-17(25)8-6-16)14-21(35-24)23(31)27-12-11-26-22-10-9-18(15-28-22)29(32)33/h5-10,14-15,19-20,24,30H,2-4,11-13H2,1H3,(H,26,28)(H,27,31)/t19-,20+,24+/m1/s1. The number of halogens is 1. The number of pyridine rings is 1. The van der Waals surface area contributed by atoms with E-state index in [-0.39, 0.29) is 35.8 Å². The van der Waals surface area contributed by atoms with Gasteiger partial charge in [0, 0.05) is 47.8 Å². The predicted octanol–water partition coefficient (Wildman–Crippen LogP) is 3.57. The van der Waals surface area contributed by atoms with Crippen molar-refractivity contribution in [2.45, 2.75) is 32.0 Å². The Morgan fingerprint density at radius 3 is 2.66 bits per heavy atom. The lowest BCUT2D eigenvalue weighted by Gasteiger charge is -2.37. The Hall–Kier alpha value is -2.77. The zero-order valence-corrected chi connectivity index (χ0v) is 21.5. The summed E-state index contributed by atoms with van der Waals surface area (Å²) in [6, 6.07) is 11.0. The highest BCUT2D eigenvalue weighted by Gasteiger charge is 2.37. The number of aliphatic hydroxyl groups is 1. The molecule has 2 aromatic rings. The van der Waals surface area contributed by atoms with E-state index in [0.717, 1.165) is 9.13 Å². The van der Waals surface area contributed by atoms with Crippen molar-refractivity contribution in [2.24, 2.45) is 5.92 Å². The molecule has 3 rings (SSSR count). The van der Waals surface area contributed by atoms with E-state index in [4.69, 9.17) is 9.47 Å². The Balaban J connectivity index is 1.67. The van der Waals surface area contributed by atoms with Crippen molar-refractivity contribution in [2.75, 3.05) is 31.6 Å². The van der Waals surface area contributed by atoms with Gasteiger partial charge in [0.1, 0.15) is 12.0 Å². The molecule has 0 saturated carbocycles. The molecule has 1 aliphatic rings. The molecule has 1 aliphatic heterocycles. The number of allylic oxidation sites excluding steroid dienone is 1. The summed E-state index contributed by atoms with van der Waals surface area (Å²) < 4.78 is 12.9. The van der Waals surface area contributed by atoms with Gasteiger partial charge in [-0.2, -0.15) is 0 Å². The lowest BCUT2D eigenvalue weighted by Crippen LogP contribution is -2.39. The van der Waals surface area contributed by atoms with Crippen molar-refractivity contribution in [3.05, 3.63) is 73.7 Å². The van der Waals surface area contributed by atoms with Crippen LogP contribution < -0.4 is 10.6 Å². The smallest absolute Gasteiger partial charge is 0.287 e. The Morgan fingerprint density at radius 2 is 2.03 bits per heavy atom. The minimum atomic E-state index is -0.607. The number of aromatic nitrogens is 1. The van der Waals surface area contributed by atoms with Crippen LogP contribution in [-0.4, -0.2) is 53.5 Å². The first-order valence-electron chi connectivity index (χ1n) is 11.4. The van der Waals surface area contributed by atoms with Crippen LogP contribution in [0.5, 0.6) is 0 Å². The molecule has 0 bridgehead atoms. The second kappa shape index (κ2) is 13.4. The normalized spacial score (nSPS) is 19.4. The summed E-state index contributed by atoms with van der Waals surface area (Å²) in [6.07, 6.45) is 3.70. The van der Waals surface area contributed by atoms with E-state index in [9.17, 15) is 20.0 Å². The summed E-state index contributed by atoms with van der Waals surface area (Å²) in [5.41, 5.74) is 0.964. The Bertz CT molecular complexity index is 1020. The van der Waals surface area contributed by atoms with Crippen LogP contribution in [-0.2, 0) is 14.3 Å². The molecule has 1 amide bonds. The Labute approximate surface area is 217 Å². The Morgan fingerprint density at radius 1 is 1.26 bits per heavy atom. The number of hydrogen-bond donors (Lipinski definition) is 3. The molecule has 11 heteroatoms. The van der Waals surface area contributed by atoms with Crippen molar-refractivity contribution >= 4 is 40.0 Å². The molecule has 0 saturated heterocycles. The molecule has 0 unspecified atom stereocenters. The van der Waals surface area contributed by atoms with E-state index in [1.165, 1.54) is 18.3 Å². The van der Waals surface area contributed by atoms with Gasteiger partial charge in [0.15, 0.2) is 5.76 Å². The second-order valence-corrected chi connectivity index (χ2v) is 9.17. The van der Waals surface area contributed by atoms with E-state index in [2.05, 4.69) is 38.2 Å². The number of anilines is 1. The van der Waals surface area contributed by atoms with Gasteiger partial charge >= 0.3 is 0 Å². The molecule has 1 aromatic heterocycles. The lowest BCUT2D eigenvalue weighted by molar-refractivity contribution is -0.385. The van der Waals surface area contributed by atoms with Crippen LogP contribution in [0.1, 0.15) is 31.2 Å². The van der Waals surface area contributed by atoms with Gasteiger partial charge in [-0.25, -0.2) is 4.98 Å². The maximum atomic E-state index is 12.9. The molecule has 2 heterocycles. The summed E-state index contributed by atoms with van der Waals surface area (Å²) in [7, 11) is 0. The van der Waals surface area contributed by atoms with Crippen LogP contribution in [0.25, 0.3) is 0 Å². The molecule has 3 N–H and O–H groups in total. The number of aliphatic hydroxyl groups excluding tert-OH is 1. The van der Waals surface area contributed by atoms with Crippen molar-refractivity contribution < 1.29 is 24.3 Å². The van der Waals surface area contributed by atoms with Gasteiger partial charge in [-0.05, 0) is 72.2 Å². The highest BCUT2D eigenvalue weighted by Crippen LogP contribution is 2.39. The van der Waals surface area contributed by atoms with Crippen LogP contribution in [0.15, 0.2) is 54.4 Å². The number of amides is 1. The van der Waals surface area contributed by atoms with Gasteiger partial charge in [0.05, 0.1) is 4.92 Å². The van der Waals surface area contributed by atoms with Crippen molar-refractivity contribution in [3.63, 3.8) is 0 Å². The third kappa shape index (κ3) is 7.61. The topological polar surface area (TPSA) is 136 Å². The maximum Gasteiger partial charge on any atom is 0.287 e. The summed E-state index contributed by atoms with van der Waals surface area (Å²) >= 11 is 2.25. The molecular weight excluding hydrogens is 567 g/mol. The van der Waals surface area contributed by atoms with Crippen molar-refractivity contribution in [1.29, 1.82) is 0 Å². The fraction of sp³-hybridized carbons (Fsp3) is 0.417. The lowest BCUT2D eigenvalue weighted by atomic mass is 9.80. The van der Waals surface area contributed by atoms with E-state index in [1.807, 2.05) is 37.3 Å². The minimum Gasteiger partial charge on any atom is -0.459 e. The molecule has 35 heavy (non-hydrogen) atoms. The number of carbonyl (C=O) groups excluding carboxylic acids is 1. The first-order chi connectivity index (χ1) is 16.9. The summed E-state index contributed by atoms with van der Waals surface area (Å²) in [5.74, 6) is 0.158. The van der Waals surface area contributed by atoms with Crippen LogP contribution >= 0.6 is 22.6 Å². The van der Waals surface area contributed by atoms with Gasteiger partial charge in [-0.1, -0.05) is 12.1 Å². The summed E-state index contributed by atoms with van der Waals surface area (Å²) in [6.45, 7) is 3.05. The van der Waals surface area contributed by atoms with Crippen LogP contribution in [0.3, 0.4) is 0 Å². The number of benzene rings is 1. The number of nitrogens with one attached hydrogen (secondary N) is 2. The SMILES string of the molecule is CCO[C@H]1OC(C(=O)NCCNc2ccc([N+](=O)[O-])cn2)=C[C@@H](c2ccc(I)cc2)[C@H]1CCCO. The zero-order valence-electron chi connectivity index (χ0n) is 19.4. The molecule has 0 spiro atoms. The van der Waals surface area contributed by atoms with Crippen LogP contribution in [0.4, 0.5) is 11.5 Å². The highest BCUT2D eigenvalue weighted by atomic mass is 127. The largest absolute Gasteiger partial charge is 0.459 e. The van der Waals surface area contributed by atoms with E-state index in [1.54, 1.807) is 0 Å². The third-order valence-corrected chi connectivity index (χ3v) is 6.28. The zero-order chi connectivity index (χ0) is 25.2. The van der Waals surface area contributed by atoms with Gasteiger partial charge in [0.2, 0.25) is 6.29 Å². The number of hydrogen-bond acceptors (Lipinski definition) is 8. The van der Waals surface area contributed by atoms with Gasteiger partial charge < -0.3 is 25.2 Å². The molecule has 1 aromatic carbocycles. The molecular formula is C24H29IN4O6. The second-order valence-electron chi connectivity index (χ2n) is 7.92. The number of rotatable bonds is 12. The number of nitrogens with zero attached hydrogens (tertiary/aromatic N) is 2. The monoisotopic (exact) mass is 596 g/mol. The first-order valence-corrected chi connectivity index (χ1v) is 12.5. The van der Waals surface area contributed by atoms with Crippen molar-refractivity contribution in [3.8, 4) is 0 Å². The number of nitro groups is 1. The third-order valence-electron chi connectivity index (χ3n) is 5.57. The van der Waals surface area contributed by atoms with Gasteiger partial charge in [-0.3, -0.25) is 14.9 Å². The molecule has 0 aliphatic carbocycles. The van der Waals surface area contributed by atoms with Crippen molar-refractivity contribution in [1.82, 2.24) is 10.3 Å². The quantitative estimate of drug-likeness (QED) is 0.147. The fourth-order valence-corrected chi connectivity index (χ4v) is 4.24. The first kappa shape index (κ1) is 26.8. The highest BCUT2D eigenvalue weighted by molar-refractivity contribution is 14.1. The molecule has 188 valence electrons. The maximum absolute atomic E-state index is 12.9. The van der Waals surface area contributed by atoms with Gasteiger partial charge in [0.25, 0.3) is 11.6 Å². The Kier molecular flexibility index (Phi) is 10.2. The van der Waals surface area contributed by atoms with Crippen LogP contribution in [0, 0.1) is 19.6 Å². The van der Waals surface area contributed by atoms with E-state index < -0.39 is 11.2 Å². The fourth-order valence-electron chi connectivity index (χ4n) is 3.88. The summed E-state index contributed by atoms with van der Waals surface area (Å²) in [4.78, 5) is 27.1. The minimum absolute atomic E-state index is 0.0476. The average Bonchev–Trinajstić information content (AvgIpc) is 2.86. The average molecular weight is 596 g/mol. The predicted molar refractivity (Wildman–Crippen MR) is 139 cm³/mol. The molecule has 3 atom stereocenters. The number of ether oxygens (including phenoxy) is 2. The van der Waals surface area contributed by atoms with E-state index >= 15 is 0 Å². The van der Waals surface area contributed by atoms with Crippen LogP contribution in [0.2, 0.25) is 0 Å².